The van der Waals surface area contributed by atoms with Gasteiger partial charge in [0, 0.05) is 47.6 Å². The van der Waals surface area contributed by atoms with Gasteiger partial charge < -0.3 is 15.0 Å². The number of anilines is 2. The predicted molar refractivity (Wildman–Crippen MR) is 140 cm³/mol. The number of methoxy groups -OCH3 is 1. The molecule has 1 saturated heterocycles. The molecule has 0 bridgehead atoms. The fourth-order valence-corrected chi connectivity index (χ4v) is 4.59. The summed E-state index contributed by atoms with van der Waals surface area (Å²) in [6, 6.07) is 18.9. The lowest BCUT2D eigenvalue weighted by Gasteiger charge is -2.34. The molecule has 1 aliphatic heterocycles. The highest BCUT2D eigenvalue weighted by Crippen LogP contribution is 2.31. The summed E-state index contributed by atoms with van der Waals surface area (Å²) in [6.07, 6.45) is 2.16. The van der Waals surface area contributed by atoms with E-state index in [4.69, 9.17) is 4.74 Å². The first-order valence-corrected chi connectivity index (χ1v) is 11.6. The van der Waals surface area contributed by atoms with Crippen LogP contribution in [0.15, 0.2) is 66.7 Å². The van der Waals surface area contributed by atoms with E-state index in [0.29, 0.717) is 29.0 Å². The fraction of sp³-hybridized carbons (Fsp3) is 0.286. The van der Waals surface area contributed by atoms with Crippen LogP contribution in [0.3, 0.4) is 0 Å². The number of hydrogen-bond acceptors (Lipinski definition) is 4. The second-order valence-electron chi connectivity index (χ2n) is 8.48. The topological polar surface area (TPSA) is 58.6 Å². The van der Waals surface area contributed by atoms with E-state index in [1.165, 1.54) is 12.1 Å². The molecule has 0 saturated carbocycles. The standard InChI is InChI=1S/C28H29FN2O3.ClH/c1-3-24-25(28(33)30-22-6-4-7-23(18-22)34-2)8-5-9-26(24)31-16-14-20(15-17-31)27(32)19-10-12-21(29)13-11-19;/h4-13,18,20H,3,14-17H2,1-2H3,(H,30,33);1H. The lowest BCUT2D eigenvalue weighted by molar-refractivity contribution is 0.0900. The molecule has 1 fully saturated rings. The highest BCUT2D eigenvalue weighted by molar-refractivity contribution is 6.06. The summed E-state index contributed by atoms with van der Waals surface area (Å²) < 4.78 is 18.4. The Hall–Kier alpha value is -3.38. The van der Waals surface area contributed by atoms with Gasteiger partial charge in [-0.3, -0.25) is 9.59 Å². The Morgan fingerprint density at radius 3 is 2.37 bits per heavy atom. The Bertz CT molecular complexity index is 1180. The van der Waals surface area contributed by atoms with Crippen LogP contribution in [0.1, 0.15) is 46.0 Å². The number of nitrogens with zero attached hydrogens (tertiary/aromatic N) is 1. The minimum Gasteiger partial charge on any atom is -0.497 e. The minimum absolute atomic E-state index is 0. The number of carbonyl (C=O) groups excluding carboxylic acids is 2. The summed E-state index contributed by atoms with van der Waals surface area (Å²) in [5.41, 5.74) is 3.91. The van der Waals surface area contributed by atoms with E-state index in [9.17, 15) is 14.0 Å². The van der Waals surface area contributed by atoms with Crippen molar-refractivity contribution in [3.05, 3.63) is 89.2 Å². The maximum atomic E-state index is 13.2. The van der Waals surface area contributed by atoms with Crippen LogP contribution in [0, 0.1) is 11.7 Å². The summed E-state index contributed by atoms with van der Waals surface area (Å²) in [5.74, 6) is 0.176. The number of rotatable bonds is 7. The van der Waals surface area contributed by atoms with Gasteiger partial charge in [-0.05, 0) is 73.4 Å². The van der Waals surface area contributed by atoms with Crippen LogP contribution in [0.4, 0.5) is 15.8 Å². The van der Waals surface area contributed by atoms with Gasteiger partial charge in [-0.2, -0.15) is 0 Å². The largest absolute Gasteiger partial charge is 0.497 e. The van der Waals surface area contributed by atoms with Crippen LogP contribution in [0.2, 0.25) is 0 Å². The molecule has 0 aromatic heterocycles. The van der Waals surface area contributed by atoms with Gasteiger partial charge in [-0.25, -0.2) is 4.39 Å². The summed E-state index contributed by atoms with van der Waals surface area (Å²) in [5, 5.41) is 2.97. The van der Waals surface area contributed by atoms with E-state index in [-0.39, 0.29) is 35.8 Å². The normalized spacial score (nSPS) is 13.6. The number of amides is 1. The minimum atomic E-state index is -0.339. The van der Waals surface area contributed by atoms with Crippen LogP contribution >= 0.6 is 12.4 Å². The van der Waals surface area contributed by atoms with Gasteiger partial charge >= 0.3 is 0 Å². The molecule has 3 aromatic rings. The third-order valence-electron chi connectivity index (χ3n) is 6.41. The molecule has 1 heterocycles. The molecule has 0 unspecified atom stereocenters. The van der Waals surface area contributed by atoms with E-state index in [1.807, 2.05) is 43.3 Å². The van der Waals surface area contributed by atoms with Crippen molar-refractivity contribution in [2.45, 2.75) is 26.2 Å². The molecule has 0 aliphatic carbocycles. The Morgan fingerprint density at radius 1 is 1.03 bits per heavy atom. The van der Waals surface area contributed by atoms with Crippen LogP contribution in [0.5, 0.6) is 5.75 Å². The van der Waals surface area contributed by atoms with Gasteiger partial charge in [-0.15, -0.1) is 12.4 Å². The van der Waals surface area contributed by atoms with Crippen LogP contribution in [-0.2, 0) is 6.42 Å². The smallest absolute Gasteiger partial charge is 0.256 e. The molecule has 184 valence electrons. The second-order valence-corrected chi connectivity index (χ2v) is 8.48. The Labute approximate surface area is 211 Å². The molecular formula is C28H30ClFN2O3. The van der Waals surface area contributed by atoms with Crippen molar-refractivity contribution in [3.63, 3.8) is 0 Å². The predicted octanol–water partition coefficient (Wildman–Crippen LogP) is 6.17. The average Bonchev–Trinajstić information content (AvgIpc) is 2.88. The van der Waals surface area contributed by atoms with E-state index < -0.39 is 0 Å². The van der Waals surface area contributed by atoms with E-state index in [1.54, 1.807) is 25.3 Å². The molecule has 35 heavy (non-hydrogen) atoms. The van der Waals surface area contributed by atoms with E-state index in [0.717, 1.165) is 37.2 Å². The highest BCUT2D eigenvalue weighted by Gasteiger charge is 2.27. The zero-order valence-corrected chi connectivity index (χ0v) is 20.7. The number of hydrogen-bond donors (Lipinski definition) is 1. The SMILES string of the molecule is CCc1c(C(=O)Nc2cccc(OC)c2)cccc1N1CCC(C(=O)c2ccc(F)cc2)CC1.Cl. The Morgan fingerprint density at radius 2 is 1.71 bits per heavy atom. The molecule has 5 nitrogen and oxygen atoms in total. The van der Waals surface area contributed by atoms with Crippen LogP contribution in [-0.4, -0.2) is 31.9 Å². The lowest BCUT2D eigenvalue weighted by atomic mass is 9.88. The van der Waals surface area contributed by atoms with Gasteiger partial charge in [0.15, 0.2) is 5.78 Å². The van der Waals surface area contributed by atoms with Crippen molar-refractivity contribution in [1.29, 1.82) is 0 Å². The van der Waals surface area contributed by atoms with Crippen LogP contribution < -0.4 is 15.0 Å². The third kappa shape index (κ3) is 6.01. The zero-order chi connectivity index (χ0) is 24.1. The number of carbonyl (C=O) groups is 2. The molecule has 7 heteroatoms. The zero-order valence-electron chi connectivity index (χ0n) is 19.9. The van der Waals surface area contributed by atoms with Crippen molar-refractivity contribution < 1.29 is 18.7 Å². The molecule has 0 atom stereocenters. The first-order chi connectivity index (χ1) is 16.5. The van der Waals surface area contributed by atoms with Gasteiger partial charge in [0.1, 0.15) is 11.6 Å². The summed E-state index contributed by atoms with van der Waals surface area (Å²) in [6.45, 7) is 3.50. The van der Waals surface area contributed by atoms with Gasteiger partial charge in [0.05, 0.1) is 7.11 Å². The molecular weight excluding hydrogens is 467 g/mol. The van der Waals surface area contributed by atoms with Crippen molar-refractivity contribution in [2.75, 3.05) is 30.4 Å². The number of ether oxygens (including phenoxy) is 1. The van der Waals surface area contributed by atoms with Gasteiger partial charge in [0.2, 0.25) is 0 Å². The molecule has 0 radical (unpaired) electrons. The first-order valence-electron chi connectivity index (χ1n) is 11.6. The highest BCUT2D eigenvalue weighted by atomic mass is 35.5. The number of benzene rings is 3. The van der Waals surface area contributed by atoms with Gasteiger partial charge in [-0.1, -0.05) is 19.1 Å². The maximum absolute atomic E-state index is 13.2. The molecule has 3 aromatic carbocycles. The van der Waals surface area contributed by atoms with Crippen LogP contribution in [0.25, 0.3) is 0 Å². The molecule has 1 N–H and O–H groups in total. The monoisotopic (exact) mass is 496 g/mol. The van der Waals surface area contributed by atoms with E-state index in [2.05, 4.69) is 10.2 Å². The van der Waals surface area contributed by atoms with Crippen molar-refractivity contribution in [2.24, 2.45) is 5.92 Å². The number of nitrogens with one attached hydrogen (secondary N) is 1. The quantitative estimate of drug-likeness (QED) is 0.397. The summed E-state index contributed by atoms with van der Waals surface area (Å²) in [4.78, 5) is 28.2. The Balaban J connectivity index is 0.00000342. The summed E-state index contributed by atoms with van der Waals surface area (Å²) in [7, 11) is 1.59. The second kappa shape index (κ2) is 11.8. The molecule has 1 amide bonds. The Kier molecular flexibility index (Phi) is 8.88. The van der Waals surface area contributed by atoms with Crippen molar-refractivity contribution >= 4 is 35.5 Å². The van der Waals surface area contributed by atoms with Crippen molar-refractivity contribution in [3.8, 4) is 5.75 Å². The molecule has 0 spiro atoms. The van der Waals surface area contributed by atoms with Crippen molar-refractivity contribution in [1.82, 2.24) is 0 Å². The maximum Gasteiger partial charge on any atom is 0.256 e. The molecule has 4 rings (SSSR count). The average molecular weight is 497 g/mol. The molecule has 1 aliphatic rings. The first kappa shape index (κ1) is 26.2. The number of piperidine rings is 1. The lowest BCUT2D eigenvalue weighted by Crippen LogP contribution is -2.37. The number of ketones is 1. The third-order valence-corrected chi connectivity index (χ3v) is 6.41. The summed E-state index contributed by atoms with van der Waals surface area (Å²) >= 11 is 0. The fourth-order valence-electron chi connectivity index (χ4n) is 4.59. The van der Waals surface area contributed by atoms with E-state index >= 15 is 0 Å². The number of Topliss-reactive ketones (excluding diaryl/α,β-unsaturated/α-hetero) is 1. The van der Waals surface area contributed by atoms with Gasteiger partial charge in [0.25, 0.3) is 5.91 Å². The number of halogens is 2.